The highest BCUT2D eigenvalue weighted by Crippen LogP contribution is 2.25. The summed E-state index contributed by atoms with van der Waals surface area (Å²) in [5.41, 5.74) is 6.82. The first-order valence-corrected chi connectivity index (χ1v) is 6.83. The number of hydrogen-bond acceptors (Lipinski definition) is 4. The predicted molar refractivity (Wildman–Crippen MR) is 72.0 cm³/mol. The Bertz CT molecular complexity index is 460. The summed E-state index contributed by atoms with van der Waals surface area (Å²) in [5, 5.41) is 15.5. The molecule has 0 saturated carbocycles. The number of aromatic nitrogens is 2. The van der Waals surface area contributed by atoms with Crippen LogP contribution in [-0.2, 0) is 9.59 Å². The minimum Gasteiger partial charge on any atom is -0.481 e. The van der Waals surface area contributed by atoms with E-state index in [0.717, 1.165) is 18.5 Å². The van der Waals surface area contributed by atoms with Crippen molar-refractivity contribution in [2.24, 2.45) is 5.73 Å². The van der Waals surface area contributed by atoms with Gasteiger partial charge in [0.05, 0.1) is 6.04 Å². The molecule has 0 radical (unpaired) electrons. The van der Waals surface area contributed by atoms with Gasteiger partial charge in [0.15, 0.2) is 0 Å². The molecule has 110 valence electrons. The molecular weight excluding hydrogens is 260 g/mol. The molecule has 0 spiro atoms. The number of nitrogens with one attached hydrogen (secondary N) is 1. The number of H-pyrrole nitrogens is 1. The van der Waals surface area contributed by atoms with E-state index in [0.29, 0.717) is 13.1 Å². The summed E-state index contributed by atoms with van der Waals surface area (Å²) in [5.74, 6) is -0.834. The number of amides is 1. The van der Waals surface area contributed by atoms with Gasteiger partial charge in [-0.2, -0.15) is 5.10 Å². The zero-order chi connectivity index (χ0) is 14.5. The third kappa shape index (κ3) is 3.57. The summed E-state index contributed by atoms with van der Waals surface area (Å²) in [6, 6.07) is 1.19. The molecule has 0 aliphatic carbocycles. The van der Waals surface area contributed by atoms with Gasteiger partial charge in [-0.3, -0.25) is 14.7 Å². The molecule has 1 aliphatic rings. The van der Waals surface area contributed by atoms with Crippen LogP contribution in [0.5, 0.6) is 0 Å². The molecule has 2 rings (SSSR count). The van der Waals surface area contributed by atoms with Crippen LogP contribution in [0.1, 0.15) is 37.3 Å². The first-order chi connectivity index (χ1) is 9.58. The lowest BCUT2D eigenvalue weighted by atomic mass is 9.94. The molecule has 1 amide bonds. The van der Waals surface area contributed by atoms with Gasteiger partial charge < -0.3 is 15.7 Å². The molecule has 1 fully saturated rings. The average Bonchev–Trinajstić information content (AvgIpc) is 2.98. The first kappa shape index (κ1) is 14.5. The van der Waals surface area contributed by atoms with Gasteiger partial charge in [0, 0.05) is 37.3 Å². The van der Waals surface area contributed by atoms with Crippen LogP contribution in [0.2, 0.25) is 0 Å². The fraction of sp³-hybridized carbons (Fsp3) is 0.615. The lowest BCUT2D eigenvalue weighted by Crippen LogP contribution is -2.47. The Balaban J connectivity index is 1.91. The molecule has 4 N–H and O–H groups in total. The van der Waals surface area contributed by atoms with Crippen LogP contribution >= 0.6 is 0 Å². The summed E-state index contributed by atoms with van der Waals surface area (Å²) in [7, 11) is 0. The van der Waals surface area contributed by atoms with Gasteiger partial charge in [-0.15, -0.1) is 0 Å². The lowest BCUT2D eigenvalue weighted by molar-refractivity contribution is -0.138. The van der Waals surface area contributed by atoms with Gasteiger partial charge in [-0.05, 0) is 25.3 Å². The van der Waals surface area contributed by atoms with E-state index in [2.05, 4.69) is 10.2 Å². The zero-order valence-electron chi connectivity index (χ0n) is 11.3. The summed E-state index contributed by atoms with van der Waals surface area (Å²) in [6.45, 7) is 1.30. The van der Waals surface area contributed by atoms with E-state index >= 15 is 0 Å². The molecule has 7 nitrogen and oxygen atoms in total. The maximum Gasteiger partial charge on any atom is 0.303 e. The average molecular weight is 280 g/mol. The number of nitrogens with two attached hydrogens (primary N) is 1. The molecule has 0 aromatic carbocycles. The summed E-state index contributed by atoms with van der Waals surface area (Å²) in [4.78, 5) is 24.5. The van der Waals surface area contributed by atoms with Crippen molar-refractivity contribution in [1.82, 2.24) is 15.1 Å². The summed E-state index contributed by atoms with van der Waals surface area (Å²) >= 11 is 0. The van der Waals surface area contributed by atoms with E-state index in [9.17, 15) is 9.59 Å². The molecule has 1 aliphatic heterocycles. The van der Waals surface area contributed by atoms with E-state index in [1.54, 1.807) is 11.1 Å². The fourth-order valence-corrected chi connectivity index (χ4v) is 2.56. The van der Waals surface area contributed by atoms with Crippen molar-refractivity contribution in [2.45, 2.75) is 37.6 Å². The Kier molecular flexibility index (Phi) is 4.73. The zero-order valence-corrected chi connectivity index (χ0v) is 11.3. The normalized spacial score (nSPS) is 20.6. The summed E-state index contributed by atoms with van der Waals surface area (Å²) in [6.07, 6.45) is 3.73. The van der Waals surface area contributed by atoms with Gasteiger partial charge in [0.25, 0.3) is 0 Å². The number of hydrogen-bond donors (Lipinski definition) is 3. The third-order valence-electron chi connectivity index (χ3n) is 3.68. The molecule has 2 unspecified atom stereocenters. The van der Waals surface area contributed by atoms with Crippen LogP contribution in [0, 0.1) is 0 Å². The molecule has 2 atom stereocenters. The highest BCUT2D eigenvalue weighted by molar-refractivity contribution is 5.82. The quantitative estimate of drug-likeness (QED) is 0.718. The van der Waals surface area contributed by atoms with Crippen molar-refractivity contribution in [1.29, 1.82) is 0 Å². The number of nitrogens with zero attached hydrogens (tertiary/aromatic N) is 2. The molecule has 1 aromatic heterocycles. The number of carboxylic acid groups (broad SMARTS) is 1. The van der Waals surface area contributed by atoms with Crippen LogP contribution in [0.3, 0.4) is 0 Å². The number of carbonyl (C=O) groups is 2. The monoisotopic (exact) mass is 280 g/mol. The van der Waals surface area contributed by atoms with Crippen LogP contribution in [0.15, 0.2) is 12.3 Å². The van der Waals surface area contributed by atoms with Crippen molar-refractivity contribution < 1.29 is 14.7 Å². The van der Waals surface area contributed by atoms with Gasteiger partial charge in [-0.1, -0.05) is 0 Å². The Labute approximate surface area is 117 Å². The molecule has 7 heteroatoms. The van der Waals surface area contributed by atoms with Crippen LogP contribution < -0.4 is 5.73 Å². The minimum atomic E-state index is -0.928. The number of carboxylic acids is 1. The number of rotatable bonds is 5. The smallest absolute Gasteiger partial charge is 0.303 e. The Morgan fingerprint density at radius 3 is 3.05 bits per heavy atom. The standard InChI is InChI=1S/C13H20N4O3/c14-10(3-4-12(18)19)13(20)17-7-1-2-9(8-17)11-5-6-15-16-11/h5-6,9-10H,1-4,7-8,14H2,(H,15,16)(H,18,19). The van der Waals surface area contributed by atoms with Crippen molar-refractivity contribution >= 4 is 11.9 Å². The van der Waals surface area contributed by atoms with Gasteiger partial charge >= 0.3 is 5.97 Å². The number of carbonyl (C=O) groups excluding carboxylic acids is 1. The lowest BCUT2D eigenvalue weighted by Gasteiger charge is -2.33. The molecule has 20 heavy (non-hydrogen) atoms. The molecule has 1 saturated heterocycles. The summed E-state index contributed by atoms with van der Waals surface area (Å²) < 4.78 is 0. The minimum absolute atomic E-state index is 0.0786. The fourth-order valence-electron chi connectivity index (χ4n) is 2.56. The second-order valence-corrected chi connectivity index (χ2v) is 5.17. The molecule has 0 bridgehead atoms. The highest BCUT2D eigenvalue weighted by Gasteiger charge is 2.28. The van der Waals surface area contributed by atoms with Crippen LogP contribution in [0.4, 0.5) is 0 Å². The number of aliphatic carboxylic acids is 1. The predicted octanol–water partition coefficient (Wildman–Crippen LogP) is 0.308. The second-order valence-electron chi connectivity index (χ2n) is 5.17. The van der Waals surface area contributed by atoms with Gasteiger partial charge in [0.2, 0.25) is 5.91 Å². The SMILES string of the molecule is NC(CCC(=O)O)C(=O)N1CCCC(c2ccn[nH]2)C1. The van der Waals surface area contributed by atoms with Crippen molar-refractivity contribution in [3.63, 3.8) is 0 Å². The van der Waals surface area contributed by atoms with E-state index in [1.165, 1.54) is 0 Å². The first-order valence-electron chi connectivity index (χ1n) is 6.83. The second kappa shape index (κ2) is 6.51. The number of likely N-dealkylation sites (tertiary alicyclic amines) is 1. The largest absolute Gasteiger partial charge is 0.481 e. The molecule has 2 heterocycles. The van der Waals surface area contributed by atoms with Crippen molar-refractivity contribution in [2.75, 3.05) is 13.1 Å². The molecular formula is C13H20N4O3. The van der Waals surface area contributed by atoms with Gasteiger partial charge in [0.1, 0.15) is 0 Å². The van der Waals surface area contributed by atoms with Crippen LogP contribution in [-0.4, -0.2) is 51.2 Å². The Hall–Kier alpha value is -1.89. The van der Waals surface area contributed by atoms with E-state index in [-0.39, 0.29) is 24.7 Å². The van der Waals surface area contributed by atoms with E-state index in [4.69, 9.17) is 10.8 Å². The highest BCUT2D eigenvalue weighted by atomic mass is 16.4. The third-order valence-corrected chi connectivity index (χ3v) is 3.68. The number of aromatic amines is 1. The van der Waals surface area contributed by atoms with E-state index < -0.39 is 12.0 Å². The van der Waals surface area contributed by atoms with Gasteiger partial charge in [-0.25, -0.2) is 0 Å². The topological polar surface area (TPSA) is 112 Å². The van der Waals surface area contributed by atoms with Crippen molar-refractivity contribution in [3.05, 3.63) is 18.0 Å². The van der Waals surface area contributed by atoms with Crippen molar-refractivity contribution in [3.8, 4) is 0 Å². The maximum absolute atomic E-state index is 12.2. The Morgan fingerprint density at radius 1 is 1.60 bits per heavy atom. The number of piperidine rings is 1. The molecule has 1 aromatic rings. The van der Waals surface area contributed by atoms with E-state index in [1.807, 2.05) is 6.07 Å². The van der Waals surface area contributed by atoms with Crippen LogP contribution in [0.25, 0.3) is 0 Å². The Morgan fingerprint density at radius 2 is 2.40 bits per heavy atom. The maximum atomic E-state index is 12.2.